The van der Waals surface area contributed by atoms with Crippen LogP contribution in [0.3, 0.4) is 0 Å². The van der Waals surface area contributed by atoms with Crippen molar-refractivity contribution in [1.29, 1.82) is 0 Å². The zero-order valence-electron chi connectivity index (χ0n) is 11.5. The number of phenols is 1. The maximum atomic E-state index is 11.5. The molecule has 0 unspecified atom stereocenters. The van der Waals surface area contributed by atoms with Crippen molar-refractivity contribution in [2.24, 2.45) is 0 Å². The van der Waals surface area contributed by atoms with Gasteiger partial charge in [-0.25, -0.2) is 4.79 Å². The Labute approximate surface area is 126 Å². The summed E-state index contributed by atoms with van der Waals surface area (Å²) in [6.07, 6.45) is -0.872. The molecule has 0 spiro atoms. The summed E-state index contributed by atoms with van der Waals surface area (Å²) in [6, 6.07) is 8.19. The minimum atomic E-state index is -0.872. The normalized spacial score (nSPS) is 10.8. The summed E-state index contributed by atoms with van der Waals surface area (Å²) in [7, 11) is 5.04. The number of rotatable bonds is 2. The maximum Gasteiger partial charge on any atom is 0.399 e. The van der Waals surface area contributed by atoms with E-state index in [-0.39, 0.29) is 28.6 Å². The summed E-state index contributed by atoms with van der Waals surface area (Å²) in [6.45, 7) is 1.33. The van der Waals surface area contributed by atoms with E-state index < -0.39 is 6.09 Å². The van der Waals surface area contributed by atoms with Crippen LogP contribution < -0.4 is 9.96 Å². The molecular formula is C15H10BNO5. The minimum absolute atomic E-state index is 0.0543. The van der Waals surface area contributed by atoms with Gasteiger partial charge in [0.2, 0.25) is 7.98 Å². The van der Waals surface area contributed by atoms with E-state index in [1.54, 1.807) is 24.3 Å². The summed E-state index contributed by atoms with van der Waals surface area (Å²) >= 11 is 0. The zero-order chi connectivity index (χ0) is 15.9. The number of ketones is 1. The number of nitrogens with one attached hydrogen (secondary N) is 1. The van der Waals surface area contributed by atoms with Crippen LogP contribution in [-0.4, -0.2) is 25.0 Å². The van der Waals surface area contributed by atoms with Gasteiger partial charge in [0.1, 0.15) is 0 Å². The van der Waals surface area contributed by atoms with Gasteiger partial charge in [-0.15, -0.1) is 0 Å². The van der Waals surface area contributed by atoms with Crippen LogP contribution in [0.1, 0.15) is 17.5 Å². The van der Waals surface area contributed by atoms with Crippen molar-refractivity contribution < 1.29 is 23.8 Å². The molecule has 2 aromatic carbocycles. The molecule has 0 bridgehead atoms. The van der Waals surface area contributed by atoms with Crippen molar-refractivity contribution in [2.75, 3.05) is 0 Å². The average molecular weight is 295 g/mol. The minimum Gasteiger partial charge on any atom is -0.504 e. The molecule has 108 valence electrons. The topological polar surface area (TPSA) is 88.8 Å². The third kappa shape index (κ3) is 2.07. The SMILES string of the molecule is [B]NC(=O)Oc1c2ccccc2c(O)c2oc(C(C)=O)cc12. The summed E-state index contributed by atoms with van der Waals surface area (Å²) in [5.41, 5.74) is 0.0729. The fourth-order valence-electron chi connectivity index (χ4n) is 2.30. The summed E-state index contributed by atoms with van der Waals surface area (Å²) in [4.78, 5) is 23.0. The average Bonchev–Trinajstić information content (AvgIpc) is 2.97. The first kappa shape index (κ1) is 14.0. The third-order valence-electron chi connectivity index (χ3n) is 3.28. The lowest BCUT2D eigenvalue weighted by Gasteiger charge is -2.10. The van der Waals surface area contributed by atoms with Crippen LogP contribution in [-0.2, 0) is 0 Å². The number of aromatic hydroxyl groups is 1. The Morgan fingerprint density at radius 2 is 1.91 bits per heavy atom. The smallest absolute Gasteiger partial charge is 0.399 e. The van der Waals surface area contributed by atoms with E-state index in [2.05, 4.69) is 0 Å². The Kier molecular flexibility index (Phi) is 3.25. The lowest BCUT2D eigenvalue weighted by Crippen LogP contribution is -2.23. The van der Waals surface area contributed by atoms with Crippen LogP contribution in [0.2, 0.25) is 0 Å². The van der Waals surface area contributed by atoms with E-state index in [4.69, 9.17) is 17.1 Å². The van der Waals surface area contributed by atoms with Gasteiger partial charge in [0.25, 0.3) is 0 Å². The van der Waals surface area contributed by atoms with Gasteiger partial charge in [-0.2, -0.15) is 0 Å². The summed E-state index contributed by atoms with van der Waals surface area (Å²) in [5.74, 6) is -0.228. The Morgan fingerprint density at radius 3 is 2.55 bits per heavy atom. The third-order valence-corrected chi connectivity index (χ3v) is 3.28. The van der Waals surface area contributed by atoms with Gasteiger partial charge < -0.3 is 19.5 Å². The van der Waals surface area contributed by atoms with Gasteiger partial charge in [-0.1, -0.05) is 24.3 Å². The van der Waals surface area contributed by atoms with E-state index in [1.165, 1.54) is 13.0 Å². The molecule has 0 atom stereocenters. The van der Waals surface area contributed by atoms with Gasteiger partial charge >= 0.3 is 6.09 Å². The molecule has 1 aromatic heterocycles. The number of hydrogen-bond acceptors (Lipinski definition) is 5. The highest BCUT2D eigenvalue weighted by atomic mass is 16.6. The van der Waals surface area contributed by atoms with E-state index in [0.717, 1.165) is 0 Å². The van der Waals surface area contributed by atoms with Gasteiger partial charge in [0.05, 0.1) is 5.39 Å². The molecule has 0 aliphatic heterocycles. The standard InChI is InChI=1S/C15H10BNO5/c1-7(18)11-6-10-13(22-15(20)17-16)9-5-3-2-4-8(9)12(19)14(10)21-11/h2-6,19H,1H3,(H,17,20). The molecule has 3 rings (SSSR count). The lowest BCUT2D eigenvalue weighted by atomic mass is 10.1. The van der Waals surface area contributed by atoms with E-state index in [9.17, 15) is 14.7 Å². The second-order valence-corrected chi connectivity index (χ2v) is 4.67. The van der Waals surface area contributed by atoms with Crippen molar-refractivity contribution in [3.8, 4) is 11.5 Å². The number of furan rings is 1. The zero-order valence-corrected chi connectivity index (χ0v) is 11.5. The number of fused-ring (bicyclic) bond motifs is 2. The van der Waals surface area contributed by atoms with Crippen LogP contribution in [0.15, 0.2) is 34.7 Å². The van der Waals surface area contributed by atoms with Crippen LogP contribution in [0.5, 0.6) is 11.5 Å². The second kappa shape index (κ2) is 5.11. The molecule has 2 radical (unpaired) electrons. The monoisotopic (exact) mass is 295 g/mol. The van der Waals surface area contributed by atoms with E-state index in [0.29, 0.717) is 16.2 Å². The molecule has 7 heteroatoms. The van der Waals surface area contributed by atoms with E-state index in [1.807, 2.05) is 5.23 Å². The van der Waals surface area contributed by atoms with Crippen LogP contribution in [0, 0.1) is 0 Å². The Morgan fingerprint density at radius 1 is 1.23 bits per heavy atom. The molecule has 0 saturated heterocycles. The highest BCUT2D eigenvalue weighted by Gasteiger charge is 2.21. The molecule has 6 nitrogen and oxygen atoms in total. The Hall–Kier alpha value is -2.96. The molecule has 0 aliphatic rings. The van der Waals surface area contributed by atoms with Gasteiger partial charge in [0.15, 0.2) is 28.6 Å². The quantitative estimate of drug-likeness (QED) is 0.560. The second-order valence-electron chi connectivity index (χ2n) is 4.67. The molecule has 0 saturated carbocycles. The molecule has 1 amide bonds. The number of amides is 1. The maximum absolute atomic E-state index is 11.5. The molecule has 0 aliphatic carbocycles. The number of carbonyl (C=O) groups excluding carboxylic acids is 2. The van der Waals surface area contributed by atoms with Crippen molar-refractivity contribution >= 4 is 41.6 Å². The Balaban J connectivity index is 2.42. The highest BCUT2D eigenvalue weighted by Crippen LogP contribution is 2.43. The largest absolute Gasteiger partial charge is 0.504 e. The predicted octanol–water partition coefficient (Wildman–Crippen LogP) is 2.67. The van der Waals surface area contributed by atoms with Crippen LogP contribution in [0.4, 0.5) is 4.79 Å². The fourth-order valence-corrected chi connectivity index (χ4v) is 2.30. The highest BCUT2D eigenvalue weighted by molar-refractivity contribution is 6.15. The Bertz CT molecular complexity index is 915. The number of benzene rings is 2. The fraction of sp³-hybridized carbons (Fsp3) is 0.0667. The van der Waals surface area contributed by atoms with Crippen molar-refractivity contribution in [3.63, 3.8) is 0 Å². The van der Waals surface area contributed by atoms with Crippen molar-refractivity contribution in [1.82, 2.24) is 5.23 Å². The first-order chi connectivity index (χ1) is 10.5. The summed E-state index contributed by atoms with van der Waals surface area (Å²) < 4.78 is 10.6. The van der Waals surface area contributed by atoms with E-state index >= 15 is 0 Å². The van der Waals surface area contributed by atoms with Crippen LogP contribution in [0.25, 0.3) is 21.7 Å². The van der Waals surface area contributed by atoms with Gasteiger partial charge in [-0.3, -0.25) is 4.79 Å². The van der Waals surface area contributed by atoms with Gasteiger partial charge in [0, 0.05) is 17.7 Å². The predicted molar refractivity (Wildman–Crippen MR) is 80.3 cm³/mol. The number of hydrogen-bond donors (Lipinski definition) is 2. The van der Waals surface area contributed by atoms with Gasteiger partial charge in [-0.05, 0) is 6.07 Å². The molecule has 0 fully saturated rings. The molecule has 22 heavy (non-hydrogen) atoms. The van der Waals surface area contributed by atoms with Crippen molar-refractivity contribution in [2.45, 2.75) is 6.92 Å². The number of carbonyl (C=O) groups is 2. The molecule has 2 N–H and O–H groups in total. The first-order valence-electron chi connectivity index (χ1n) is 6.39. The molecule has 1 heterocycles. The first-order valence-corrected chi connectivity index (χ1v) is 6.39. The number of ether oxygens (including phenoxy) is 1. The molecular weight excluding hydrogens is 285 g/mol. The van der Waals surface area contributed by atoms with Crippen LogP contribution >= 0.6 is 0 Å². The number of Topliss-reactive ketones (excluding diaryl/α,β-unsaturated/α-hetero) is 1. The van der Waals surface area contributed by atoms with Crippen molar-refractivity contribution in [3.05, 3.63) is 36.1 Å². The summed E-state index contributed by atoms with van der Waals surface area (Å²) in [5, 5.41) is 13.4. The number of phenolic OH excluding ortho intramolecular Hbond substituents is 1. The molecule has 3 aromatic rings. The lowest BCUT2D eigenvalue weighted by molar-refractivity contribution is 0.0989.